The second-order valence-corrected chi connectivity index (χ2v) is 6.24. The first-order chi connectivity index (χ1) is 12.1. The van der Waals surface area contributed by atoms with Crippen LogP contribution in [0.4, 0.5) is 11.6 Å². The Hall–Kier alpha value is -3.02. The topological polar surface area (TPSA) is 79.8 Å². The summed E-state index contributed by atoms with van der Waals surface area (Å²) >= 11 is 0. The molecule has 0 saturated heterocycles. The van der Waals surface area contributed by atoms with Crippen LogP contribution >= 0.6 is 0 Å². The highest BCUT2D eigenvalue weighted by Crippen LogP contribution is 2.21. The normalized spacial score (nSPS) is 10.8. The number of hydrogen-bond acceptors (Lipinski definition) is 5. The minimum atomic E-state index is -0.258. The molecule has 1 aromatic carbocycles. The largest absolute Gasteiger partial charge is 0.354 e. The van der Waals surface area contributed by atoms with Crippen LogP contribution in [0, 0.1) is 5.92 Å². The van der Waals surface area contributed by atoms with Crippen LogP contribution in [0.1, 0.15) is 30.6 Å². The Balaban J connectivity index is 1.68. The summed E-state index contributed by atoms with van der Waals surface area (Å²) in [4.78, 5) is 25.2. The van der Waals surface area contributed by atoms with E-state index in [1.165, 1.54) is 12.4 Å². The van der Waals surface area contributed by atoms with Crippen molar-refractivity contribution in [3.05, 3.63) is 54.5 Å². The second kappa shape index (κ2) is 7.70. The minimum Gasteiger partial charge on any atom is -0.354 e. The Bertz CT molecular complexity index is 856. The maximum absolute atomic E-state index is 12.4. The van der Waals surface area contributed by atoms with E-state index in [9.17, 15) is 4.79 Å². The molecule has 0 bridgehead atoms. The molecule has 3 rings (SSSR count). The standard InChI is InChI=1S/C19H21N5O/c1-13(2)8-10-21-19-22-11-15(12-23-19)18(25)24-16-7-3-5-14-6-4-9-20-17(14)16/h3-7,9,11-13H,8,10H2,1-2H3,(H,24,25)(H,21,22,23). The monoisotopic (exact) mass is 335 g/mol. The van der Waals surface area contributed by atoms with Crippen molar-refractivity contribution >= 4 is 28.4 Å². The third kappa shape index (κ3) is 4.29. The number of carbonyl (C=O) groups is 1. The average Bonchev–Trinajstić information content (AvgIpc) is 2.62. The smallest absolute Gasteiger partial charge is 0.258 e. The number of anilines is 2. The molecular weight excluding hydrogens is 314 g/mol. The molecule has 0 saturated carbocycles. The zero-order chi connectivity index (χ0) is 17.6. The Morgan fingerprint density at radius 3 is 2.60 bits per heavy atom. The SMILES string of the molecule is CC(C)CCNc1ncc(C(=O)Nc2cccc3cccnc23)cn1. The summed E-state index contributed by atoms with van der Waals surface area (Å²) < 4.78 is 0. The van der Waals surface area contributed by atoms with Gasteiger partial charge in [-0.1, -0.05) is 32.0 Å². The molecule has 0 aliphatic heterocycles. The molecule has 0 fully saturated rings. The predicted molar refractivity (Wildman–Crippen MR) is 99.7 cm³/mol. The number of para-hydroxylation sites is 1. The molecule has 1 amide bonds. The fourth-order valence-electron chi connectivity index (χ4n) is 2.41. The van der Waals surface area contributed by atoms with Crippen molar-refractivity contribution in [1.82, 2.24) is 15.0 Å². The molecule has 2 heterocycles. The number of hydrogen-bond donors (Lipinski definition) is 2. The lowest BCUT2D eigenvalue weighted by Crippen LogP contribution is -2.14. The van der Waals surface area contributed by atoms with Crippen LogP contribution in [0.3, 0.4) is 0 Å². The van der Waals surface area contributed by atoms with Gasteiger partial charge in [0, 0.05) is 30.5 Å². The lowest BCUT2D eigenvalue weighted by atomic mass is 10.1. The summed E-state index contributed by atoms with van der Waals surface area (Å²) in [6.45, 7) is 5.14. The van der Waals surface area contributed by atoms with Crippen LogP contribution in [0.15, 0.2) is 48.9 Å². The minimum absolute atomic E-state index is 0.258. The number of carbonyl (C=O) groups excluding carboxylic acids is 1. The predicted octanol–water partition coefficient (Wildman–Crippen LogP) is 3.74. The molecule has 0 aliphatic carbocycles. The molecule has 0 atom stereocenters. The first kappa shape index (κ1) is 16.8. The highest BCUT2D eigenvalue weighted by atomic mass is 16.1. The number of fused-ring (bicyclic) bond motifs is 1. The number of pyridine rings is 1. The van der Waals surface area contributed by atoms with Gasteiger partial charge in [0.05, 0.1) is 16.8 Å². The number of amides is 1. The van der Waals surface area contributed by atoms with Gasteiger partial charge in [0.2, 0.25) is 5.95 Å². The number of nitrogens with one attached hydrogen (secondary N) is 2. The molecule has 25 heavy (non-hydrogen) atoms. The molecule has 0 radical (unpaired) electrons. The van der Waals surface area contributed by atoms with Crippen LogP contribution < -0.4 is 10.6 Å². The van der Waals surface area contributed by atoms with Crippen molar-refractivity contribution in [2.75, 3.05) is 17.2 Å². The van der Waals surface area contributed by atoms with E-state index >= 15 is 0 Å². The van der Waals surface area contributed by atoms with Crippen molar-refractivity contribution in [2.45, 2.75) is 20.3 Å². The van der Waals surface area contributed by atoms with E-state index in [-0.39, 0.29) is 5.91 Å². The van der Waals surface area contributed by atoms with Gasteiger partial charge in [0.25, 0.3) is 5.91 Å². The van der Waals surface area contributed by atoms with Gasteiger partial charge in [0.15, 0.2) is 0 Å². The molecule has 0 unspecified atom stereocenters. The number of benzene rings is 1. The maximum atomic E-state index is 12.4. The maximum Gasteiger partial charge on any atom is 0.258 e. The molecule has 0 spiro atoms. The third-order valence-corrected chi connectivity index (χ3v) is 3.80. The first-order valence-electron chi connectivity index (χ1n) is 8.34. The van der Waals surface area contributed by atoms with Gasteiger partial charge in [-0.15, -0.1) is 0 Å². The quantitative estimate of drug-likeness (QED) is 0.717. The second-order valence-electron chi connectivity index (χ2n) is 6.24. The summed E-state index contributed by atoms with van der Waals surface area (Å²) in [5, 5.41) is 7.00. The molecule has 6 heteroatoms. The number of aromatic nitrogens is 3. The lowest BCUT2D eigenvalue weighted by Gasteiger charge is -2.09. The van der Waals surface area contributed by atoms with Gasteiger partial charge in [-0.3, -0.25) is 9.78 Å². The zero-order valence-corrected chi connectivity index (χ0v) is 14.4. The van der Waals surface area contributed by atoms with Crippen molar-refractivity contribution in [3.63, 3.8) is 0 Å². The molecule has 128 valence electrons. The van der Waals surface area contributed by atoms with Crippen LogP contribution in [0.2, 0.25) is 0 Å². The fourth-order valence-corrected chi connectivity index (χ4v) is 2.41. The van der Waals surface area contributed by atoms with Gasteiger partial charge in [-0.05, 0) is 24.5 Å². The molecule has 3 aromatic rings. The van der Waals surface area contributed by atoms with E-state index in [1.807, 2.05) is 30.3 Å². The van der Waals surface area contributed by atoms with E-state index in [4.69, 9.17) is 0 Å². The van der Waals surface area contributed by atoms with Gasteiger partial charge in [0.1, 0.15) is 0 Å². The van der Waals surface area contributed by atoms with Crippen LogP contribution in [0.25, 0.3) is 10.9 Å². The zero-order valence-electron chi connectivity index (χ0n) is 14.4. The molecule has 2 N–H and O–H groups in total. The van der Waals surface area contributed by atoms with Crippen molar-refractivity contribution in [2.24, 2.45) is 5.92 Å². The number of nitrogens with zero attached hydrogens (tertiary/aromatic N) is 3. The Kier molecular flexibility index (Phi) is 5.18. The summed E-state index contributed by atoms with van der Waals surface area (Å²) in [6.07, 6.45) is 5.80. The van der Waals surface area contributed by atoms with Crippen LogP contribution in [-0.4, -0.2) is 27.4 Å². The van der Waals surface area contributed by atoms with E-state index < -0.39 is 0 Å². The third-order valence-electron chi connectivity index (χ3n) is 3.80. The lowest BCUT2D eigenvalue weighted by molar-refractivity contribution is 0.102. The Labute approximate surface area is 146 Å². The molecule has 0 aliphatic rings. The first-order valence-corrected chi connectivity index (χ1v) is 8.34. The van der Waals surface area contributed by atoms with Gasteiger partial charge in [-0.2, -0.15) is 0 Å². The van der Waals surface area contributed by atoms with E-state index in [0.29, 0.717) is 23.1 Å². The summed E-state index contributed by atoms with van der Waals surface area (Å²) in [6, 6.07) is 9.50. The van der Waals surface area contributed by atoms with Gasteiger partial charge < -0.3 is 10.6 Å². The molecule has 2 aromatic heterocycles. The highest BCUT2D eigenvalue weighted by molar-refractivity contribution is 6.08. The summed E-state index contributed by atoms with van der Waals surface area (Å²) in [5.41, 5.74) is 1.83. The van der Waals surface area contributed by atoms with Crippen LogP contribution in [0.5, 0.6) is 0 Å². The van der Waals surface area contributed by atoms with Gasteiger partial charge >= 0.3 is 0 Å². The van der Waals surface area contributed by atoms with Crippen LogP contribution in [-0.2, 0) is 0 Å². The van der Waals surface area contributed by atoms with E-state index in [2.05, 4.69) is 39.4 Å². The fraction of sp³-hybridized carbons (Fsp3) is 0.263. The summed E-state index contributed by atoms with van der Waals surface area (Å²) in [7, 11) is 0. The molecule has 6 nitrogen and oxygen atoms in total. The average molecular weight is 335 g/mol. The summed E-state index contributed by atoms with van der Waals surface area (Å²) in [5.74, 6) is 0.891. The van der Waals surface area contributed by atoms with Crippen molar-refractivity contribution in [1.29, 1.82) is 0 Å². The Morgan fingerprint density at radius 1 is 1.08 bits per heavy atom. The number of rotatable bonds is 6. The van der Waals surface area contributed by atoms with Crippen molar-refractivity contribution < 1.29 is 4.79 Å². The van der Waals surface area contributed by atoms with Gasteiger partial charge in [-0.25, -0.2) is 9.97 Å². The highest BCUT2D eigenvalue weighted by Gasteiger charge is 2.10. The van der Waals surface area contributed by atoms with E-state index in [0.717, 1.165) is 23.9 Å². The van der Waals surface area contributed by atoms with Crippen molar-refractivity contribution in [3.8, 4) is 0 Å². The van der Waals surface area contributed by atoms with E-state index in [1.54, 1.807) is 6.20 Å². The Morgan fingerprint density at radius 2 is 1.84 bits per heavy atom. The molecular formula is C19H21N5O.